The number of rotatable bonds is 6. The third-order valence-electron chi connectivity index (χ3n) is 4.05. The van der Waals surface area contributed by atoms with Gasteiger partial charge in [0.05, 0.1) is 24.5 Å². The molecule has 116 valence electrons. The van der Waals surface area contributed by atoms with E-state index >= 15 is 0 Å². The molecule has 2 unspecified atom stereocenters. The van der Waals surface area contributed by atoms with E-state index in [1.165, 1.54) is 26.9 Å². The highest BCUT2D eigenvalue weighted by Crippen LogP contribution is 2.39. The zero-order valence-corrected chi connectivity index (χ0v) is 13.0. The molecule has 0 aromatic rings. The molecule has 6 nitrogen and oxygen atoms in total. The van der Waals surface area contributed by atoms with Crippen LogP contribution in [-0.2, 0) is 19.6 Å². The van der Waals surface area contributed by atoms with E-state index in [9.17, 15) is 13.2 Å². The topological polar surface area (TPSA) is 75.7 Å². The highest BCUT2D eigenvalue weighted by atomic mass is 32.2. The summed E-state index contributed by atoms with van der Waals surface area (Å²) < 4.78 is 31.4. The molecule has 1 saturated heterocycles. The first-order valence-electron chi connectivity index (χ1n) is 7.22. The molecule has 0 spiro atoms. The first kappa shape index (κ1) is 15.7. The van der Waals surface area contributed by atoms with Crippen molar-refractivity contribution >= 4 is 15.9 Å². The summed E-state index contributed by atoms with van der Waals surface area (Å²) in [5.74, 6) is 0.310. The molecule has 2 atom stereocenters. The fraction of sp³-hybridized carbons (Fsp3) is 0.923. The number of carbonyl (C=O) groups is 1. The van der Waals surface area contributed by atoms with E-state index in [0.717, 1.165) is 23.6 Å². The van der Waals surface area contributed by atoms with Gasteiger partial charge in [-0.05, 0) is 38.0 Å². The number of carbonyl (C=O) groups excluding carboxylic acids is 1. The van der Waals surface area contributed by atoms with Crippen molar-refractivity contribution in [3.63, 3.8) is 0 Å². The SMILES string of the molecule is CNC(=O)CN(C)S(=O)(=O)CC1CCCC(C2CC2)O1. The van der Waals surface area contributed by atoms with Gasteiger partial charge in [-0.2, -0.15) is 4.31 Å². The van der Waals surface area contributed by atoms with Gasteiger partial charge in [0.2, 0.25) is 15.9 Å². The maximum Gasteiger partial charge on any atom is 0.235 e. The number of nitrogens with one attached hydrogen (secondary N) is 1. The van der Waals surface area contributed by atoms with Gasteiger partial charge in [-0.1, -0.05) is 0 Å². The quantitative estimate of drug-likeness (QED) is 0.768. The van der Waals surface area contributed by atoms with Crippen LogP contribution in [0.15, 0.2) is 0 Å². The smallest absolute Gasteiger partial charge is 0.235 e. The van der Waals surface area contributed by atoms with Gasteiger partial charge in [0.25, 0.3) is 0 Å². The zero-order valence-electron chi connectivity index (χ0n) is 12.2. The van der Waals surface area contributed by atoms with E-state index in [-0.39, 0.29) is 30.4 Å². The molecule has 1 saturated carbocycles. The number of hydrogen-bond acceptors (Lipinski definition) is 4. The van der Waals surface area contributed by atoms with E-state index in [0.29, 0.717) is 5.92 Å². The van der Waals surface area contributed by atoms with E-state index in [2.05, 4.69) is 5.32 Å². The van der Waals surface area contributed by atoms with Gasteiger partial charge >= 0.3 is 0 Å². The number of hydrogen-bond donors (Lipinski definition) is 1. The molecule has 1 aliphatic heterocycles. The minimum Gasteiger partial charge on any atom is -0.374 e. The molecule has 0 radical (unpaired) electrons. The Morgan fingerprint density at radius 1 is 1.30 bits per heavy atom. The van der Waals surface area contributed by atoms with Gasteiger partial charge in [-0.3, -0.25) is 4.79 Å². The average molecular weight is 304 g/mol. The van der Waals surface area contributed by atoms with Crippen LogP contribution in [0.1, 0.15) is 32.1 Å². The predicted octanol–water partition coefficient (Wildman–Crippen LogP) is 0.342. The van der Waals surface area contributed by atoms with Gasteiger partial charge in [-0.15, -0.1) is 0 Å². The van der Waals surface area contributed by atoms with Gasteiger partial charge in [-0.25, -0.2) is 8.42 Å². The molecule has 20 heavy (non-hydrogen) atoms. The van der Waals surface area contributed by atoms with E-state index in [1.54, 1.807) is 0 Å². The highest BCUT2D eigenvalue weighted by molar-refractivity contribution is 7.89. The molecule has 1 N–H and O–H groups in total. The second-order valence-electron chi connectivity index (χ2n) is 5.77. The predicted molar refractivity (Wildman–Crippen MR) is 75.7 cm³/mol. The number of sulfonamides is 1. The Morgan fingerprint density at radius 3 is 2.60 bits per heavy atom. The standard InChI is InChI=1S/C13H24N2O4S/c1-14-13(16)8-15(2)20(17,18)9-11-4-3-5-12(19-11)10-6-7-10/h10-12H,3-9H2,1-2H3,(H,14,16). The first-order chi connectivity index (χ1) is 9.42. The van der Waals surface area contributed by atoms with Crippen molar-refractivity contribution < 1.29 is 17.9 Å². The Balaban J connectivity index is 1.88. The lowest BCUT2D eigenvalue weighted by Gasteiger charge is -2.31. The van der Waals surface area contributed by atoms with Crippen LogP contribution < -0.4 is 5.32 Å². The van der Waals surface area contributed by atoms with Crippen LogP contribution >= 0.6 is 0 Å². The van der Waals surface area contributed by atoms with E-state index in [4.69, 9.17) is 4.74 Å². The van der Waals surface area contributed by atoms with Gasteiger partial charge in [0, 0.05) is 14.1 Å². The summed E-state index contributed by atoms with van der Waals surface area (Å²) in [5, 5.41) is 2.43. The number of amides is 1. The van der Waals surface area contributed by atoms with Crippen LogP contribution in [0.2, 0.25) is 0 Å². The van der Waals surface area contributed by atoms with E-state index < -0.39 is 10.0 Å². The summed E-state index contributed by atoms with van der Waals surface area (Å²) >= 11 is 0. The fourth-order valence-corrected chi connectivity index (χ4v) is 3.89. The van der Waals surface area contributed by atoms with Crippen molar-refractivity contribution in [1.82, 2.24) is 9.62 Å². The molecular formula is C13H24N2O4S. The normalized spacial score (nSPS) is 27.6. The summed E-state index contributed by atoms with van der Waals surface area (Å²) in [6, 6.07) is 0. The third-order valence-corrected chi connectivity index (χ3v) is 5.92. The lowest BCUT2D eigenvalue weighted by molar-refractivity contribution is -0.120. The van der Waals surface area contributed by atoms with Crippen LogP contribution in [0, 0.1) is 5.92 Å². The largest absolute Gasteiger partial charge is 0.374 e. The number of nitrogens with zero attached hydrogens (tertiary/aromatic N) is 1. The molecule has 1 amide bonds. The van der Waals surface area contributed by atoms with Crippen molar-refractivity contribution in [3.8, 4) is 0 Å². The number of likely N-dealkylation sites (N-methyl/N-ethyl adjacent to an activating group) is 2. The van der Waals surface area contributed by atoms with Crippen molar-refractivity contribution in [2.24, 2.45) is 5.92 Å². The lowest BCUT2D eigenvalue weighted by Crippen LogP contribution is -2.42. The van der Waals surface area contributed by atoms with Crippen LogP contribution in [0.3, 0.4) is 0 Å². The second kappa shape index (κ2) is 6.41. The minimum absolute atomic E-state index is 0.0241. The van der Waals surface area contributed by atoms with Crippen molar-refractivity contribution in [3.05, 3.63) is 0 Å². The van der Waals surface area contributed by atoms with Crippen molar-refractivity contribution in [2.75, 3.05) is 26.4 Å². The summed E-state index contributed by atoms with van der Waals surface area (Å²) in [6.07, 6.45) is 5.30. The van der Waals surface area contributed by atoms with Crippen LogP contribution in [0.5, 0.6) is 0 Å². The number of ether oxygens (including phenoxy) is 1. The fourth-order valence-electron chi connectivity index (χ4n) is 2.61. The lowest BCUT2D eigenvalue weighted by atomic mass is 10.0. The van der Waals surface area contributed by atoms with E-state index in [1.807, 2.05) is 0 Å². The molecule has 1 heterocycles. The summed E-state index contributed by atoms with van der Waals surface area (Å²) in [5.41, 5.74) is 0. The Bertz CT molecular complexity index is 447. The monoisotopic (exact) mass is 304 g/mol. The van der Waals surface area contributed by atoms with Gasteiger partial charge in [0.1, 0.15) is 0 Å². The van der Waals surface area contributed by atoms with Crippen LogP contribution in [-0.4, -0.2) is 57.2 Å². The maximum atomic E-state index is 12.2. The molecule has 0 bridgehead atoms. The first-order valence-corrected chi connectivity index (χ1v) is 8.83. The maximum absolute atomic E-state index is 12.2. The zero-order chi connectivity index (χ0) is 14.8. The third kappa shape index (κ3) is 4.17. The summed E-state index contributed by atoms with van der Waals surface area (Å²) in [4.78, 5) is 11.3. The molecular weight excluding hydrogens is 280 g/mol. The van der Waals surface area contributed by atoms with Gasteiger partial charge in [0.15, 0.2) is 0 Å². The summed E-state index contributed by atoms with van der Waals surface area (Å²) in [6.45, 7) is -0.141. The van der Waals surface area contributed by atoms with Crippen molar-refractivity contribution in [1.29, 1.82) is 0 Å². The molecule has 7 heteroatoms. The Labute approximate surface area is 120 Å². The Morgan fingerprint density at radius 2 is 2.00 bits per heavy atom. The minimum atomic E-state index is -3.45. The Kier molecular flexibility index (Phi) is 5.04. The molecule has 0 aromatic carbocycles. The highest BCUT2D eigenvalue weighted by Gasteiger charge is 2.37. The average Bonchev–Trinajstić information content (AvgIpc) is 3.22. The second-order valence-corrected chi connectivity index (χ2v) is 7.89. The molecule has 1 aliphatic carbocycles. The van der Waals surface area contributed by atoms with Crippen LogP contribution in [0.4, 0.5) is 0 Å². The molecule has 2 fully saturated rings. The molecule has 0 aromatic heterocycles. The Hall–Kier alpha value is -0.660. The molecule has 2 aliphatic rings. The van der Waals surface area contributed by atoms with Crippen LogP contribution in [0.25, 0.3) is 0 Å². The summed E-state index contributed by atoms with van der Waals surface area (Å²) in [7, 11) is -0.517. The van der Waals surface area contributed by atoms with Gasteiger partial charge < -0.3 is 10.1 Å². The molecule has 2 rings (SSSR count). The van der Waals surface area contributed by atoms with Crippen molar-refractivity contribution in [2.45, 2.75) is 44.3 Å².